The topological polar surface area (TPSA) is 88.6 Å². The molecule has 22 heavy (non-hydrogen) atoms. The molecule has 0 radical (unpaired) electrons. The van der Waals surface area contributed by atoms with Crippen LogP contribution in [0.5, 0.6) is 0 Å². The van der Waals surface area contributed by atoms with E-state index in [1.165, 1.54) is 48.5 Å². The molecule has 0 bridgehead atoms. The van der Waals surface area contributed by atoms with Crippen LogP contribution in [0.2, 0.25) is 0 Å². The number of benzene rings is 2. The van der Waals surface area contributed by atoms with Crippen LogP contribution in [0.15, 0.2) is 58.3 Å². The number of hydrogen-bond donors (Lipinski definition) is 0. The highest BCUT2D eigenvalue weighted by molar-refractivity contribution is 8.12. The number of anilines is 1. The third-order valence-electron chi connectivity index (χ3n) is 3.15. The average molecular weight is 358 g/mol. The second-order valence-electron chi connectivity index (χ2n) is 4.47. The van der Waals surface area contributed by atoms with E-state index in [-0.39, 0.29) is 21.0 Å². The molecular formula is C13H8ClNO5S2. The molecule has 0 amide bonds. The van der Waals surface area contributed by atoms with Gasteiger partial charge in [0.05, 0.1) is 5.69 Å². The van der Waals surface area contributed by atoms with Crippen molar-refractivity contribution in [2.24, 2.45) is 0 Å². The number of carbonyl (C=O) groups is 1. The van der Waals surface area contributed by atoms with Crippen molar-refractivity contribution in [3.8, 4) is 0 Å². The standard InChI is InChI=1S/C13H8ClNO5S2/c14-13(16)9-5-7-10(8-6-9)15-21(17,18)11-3-1-2-4-12(11)22(15,19)20/h1-8H. The molecule has 0 spiro atoms. The molecule has 0 N–H and O–H groups in total. The summed E-state index contributed by atoms with van der Waals surface area (Å²) in [5.41, 5.74) is 0.0507. The Morgan fingerprint density at radius 1 is 0.818 bits per heavy atom. The zero-order valence-electron chi connectivity index (χ0n) is 10.8. The van der Waals surface area contributed by atoms with E-state index >= 15 is 0 Å². The van der Waals surface area contributed by atoms with Crippen LogP contribution in [0.1, 0.15) is 10.4 Å². The van der Waals surface area contributed by atoms with Gasteiger partial charge < -0.3 is 0 Å². The van der Waals surface area contributed by atoms with Gasteiger partial charge in [-0.2, -0.15) is 20.5 Å². The molecule has 1 heterocycles. The van der Waals surface area contributed by atoms with Crippen molar-refractivity contribution < 1.29 is 21.6 Å². The molecule has 0 fully saturated rings. The molecule has 0 unspecified atom stereocenters. The molecule has 0 aliphatic carbocycles. The number of fused-ring (bicyclic) bond motifs is 1. The van der Waals surface area contributed by atoms with Gasteiger partial charge in [0.25, 0.3) is 25.3 Å². The van der Waals surface area contributed by atoms with Crippen LogP contribution in [0.25, 0.3) is 0 Å². The lowest BCUT2D eigenvalue weighted by atomic mass is 10.2. The molecule has 9 heteroatoms. The predicted molar refractivity (Wildman–Crippen MR) is 79.9 cm³/mol. The van der Waals surface area contributed by atoms with Gasteiger partial charge in [0.2, 0.25) is 0 Å². The van der Waals surface area contributed by atoms with Gasteiger partial charge in [-0.15, -0.1) is 0 Å². The van der Waals surface area contributed by atoms with Crippen molar-refractivity contribution in [3.63, 3.8) is 0 Å². The highest BCUT2D eigenvalue weighted by atomic mass is 35.5. The molecule has 3 rings (SSSR count). The monoisotopic (exact) mass is 357 g/mol. The SMILES string of the molecule is O=C(Cl)c1ccc(N2S(=O)(=O)c3ccccc3S2(=O)=O)cc1. The number of sulfonamides is 2. The third-order valence-corrected chi connectivity index (χ3v) is 7.79. The van der Waals surface area contributed by atoms with Gasteiger partial charge in [-0.05, 0) is 48.0 Å². The van der Waals surface area contributed by atoms with E-state index < -0.39 is 25.3 Å². The highest BCUT2D eigenvalue weighted by Gasteiger charge is 2.47. The predicted octanol–water partition coefficient (Wildman–Crippen LogP) is 1.96. The fourth-order valence-electron chi connectivity index (χ4n) is 2.18. The van der Waals surface area contributed by atoms with Gasteiger partial charge in [-0.1, -0.05) is 12.1 Å². The Bertz CT molecular complexity index is 928. The number of carbonyl (C=O) groups excluding carboxylic acids is 1. The number of rotatable bonds is 2. The van der Waals surface area contributed by atoms with Crippen molar-refractivity contribution in [2.45, 2.75) is 9.79 Å². The van der Waals surface area contributed by atoms with Crippen molar-refractivity contribution in [1.29, 1.82) is 0 Å². The van der Waals surface area contributed by atoms with Crippen molar-refractivity contribution in [2.75, 3.05) is 3.71 Å². The molecule has 2 aromatic rings. The van der Waals surface area contributed by atoms with E-state index in [0.29, 0.717) is 3.71 Å². The second-order valence-corrected chi connectivity index (χ2v) is 8.56. The summed E-state index contributed by atoms with van der Waals surface area (Å²) in [5, 5.41) is -0.720. The van der Waals surface area contributed by atoms with Crippen molar-refractivity contribution >= 4 is 42.6 Å². The van der Waals surface area contributed by atoms with E-state index in [9.17, 15) is 21.6 Å². The van der Waals surface area contributed by atoms with E-state index in [0.717, 1.165) is 0 Å². The van der Waals surface area contributed by atoms with Gasteiger partial charge in [-0.3, -0.25) is 4.79 Å². The first-order chi connectivity index (χ1) is 10.3. The summed E-state index contributed by atoms with van der Waals surface area (Å²) in [7, 11) is -8.43. The zero-order chi connectivity index (χ0) is 16.1. The van der Waals surface area contributed by atoms with Gasteiger partial charge in [0.1, 0.15) is 9.79 Å². The molecule has 0 saturated heterocycles. The summed E-state index contributed by atoms with van der Waals surface area (Å²) in [5.74, 6) is 0. The minimum absolute atomic E-state index is 0.0853. The smallest absolute Gasteiger partial charge is 0.276 e. The molecule has 6 nitrogen and oxygen atoms in total. The summed E-state index contributed by atoms with van der Waals surface area (Å²) >= 11 is 5.31. The van der Waals surface area contributed by atoms with Crippen molar-refractivity contribution in [3.05, 3.63) is 54.1 Å². The van der Waals surface area contributed by atoms with Crippen LogP contribution in [0, 0.1) is 0 Å². The van der Waals surface area contributed by atoms with E-state index in [1.807, 2.05) is 0 Å². The maximum atomic E-state index is 12.5. The molecule has 1 aliphatic heterocycles. The first-order valence-corrected chi connectivity index (χ1v) is 9.21. The maximum Gasteiger partial charge on any atom is 0.279 e. The number of hydrogen-bond acceptors (Lipinski definition) is 5. The van der Waals surface area contributed by atoms with E-state index in [2.05, 4.69) is 0 Å². The molecule has 114 valence electrons. The Kier molecular flexibility index (Phi) is 3.28. The van der Waals surface area contributed by atoms with Gasteiger partial charge >= 0.3 is 0 Å². The molecule has 0 aromatic heterocycles. The van der Waals surface area contributed by atoms with E-state index in [1.54, 1.807) is 0 Å². The van der Waals surface area contributed by atoms with Gasteiger partial charge in [-0.25, -0.2) is 0 Å². The quantitative estimate of drug-likeness (QED) is 0.766. The lowest BCUT2D eigenvalue weighted by molar-refractivity contribution is 0.108. The normalized spacial score (nSPS) is 18.0. The Morgan fingerprint density at radius 2 is 1.27 bits per heavy atom. The van der Waals surface area contributed by atoms with E-state index in [4.69, 9.17) is 11.6 Å². The molecule has 0 atom stereocenters. The Balaban J connectivity index is 2.22. The lowest BCUT2D eigenvalue weighted by Crippen LogP contribution is -2.30. The van der Waals surface area contributed by atoms with Gasteiger partial charge in [0.15, 0.2) is 0 Å². The first kappa shape index (κ1) is 15.0. The molecule has 0 saturated carbocycles. The minimum atomic E-state index is -4.21. The zero-order valence-corrected chi connectivity index (χ0v) is 13.2. The Morgan fingerprint density at radius 3 is 1.68 bits per heavy atom. The number of nitrogens with zero attached hydrogens (tertiary/aromatic N) is 1. The Hall–Kier alpha value is -1.90. The molecule has 2 aromatic carbocycles. The fourth-order valence-corrected chi connectivity index (χ4v) is 6.75. The Labute approximate surface area is 132 Å². The van der Waals surface area contributed by atoms with Gasteiger partial charge in [0, 0.05) is 5.56 Å². The van der Waals surface area contributed by atoms with Crippen LogP contribution in [0.4, 0.5) is 5.69 Å². The second kappa shape index (κ2) is 4.80. The van der Waals surface area contributed by atoms with Crippen molar-refractivity contribution in [1.82, 2.24) is 0 Å². The number of halogens is 1. The molecule has 1 aliphatic rings. The van der Waals surface area contributed by atoms with Crippen LogP contribution >= 0.6 is 11.6 Å². The largest absolute Gasteiger partial charge is 0.279 e. The highest BCUT2D eigenvalue weighted by Crippen LogP contribution is 2.39. The first-order valence-electron chi connectivity index (χ1n) is 5.96. The maximum absolute atomic E-state index is 12.5. The summed E-state index contributed by atoms with van der Waals surface area (Å²) in [6, 6.07) is 10.3. The average Bonchev–Trinajstić information content (AvgIpc) is 2.63. The lowest BCUT2D eigenvalue weighted by Gasteiger charge is -2.16. The minimum Gasteiger partial charge on any atom is -0.276 e. The van der Waals surface area contributed by atoms with Crippen LogP contribution in [-0.2, 0) is 20.0 Å². The summed E-state index contributed by atoms with van der Waals surface area (Å²) in [6.07, 6.45) is 0. The molecular weight excluding hydrogens is 350 g/mol. The third kappa shape index (κ3) is 2.03. The summed E-state index contributed by atoms with van der Waals surface area (Å²) in [4.78, 5) is 10.5. The van der Waals surface area contributed by atoms with Crippen LogP contribution in [0.3, 0.4) is 0 Å². The summed E-state index contributed by atoms with van der Waals surface area (Å²) < 4.78 is 50.2. The fraction of sp³-hybridized carbons (Fsp3) is 0. The summed E-state index contributed by atoms with van der Waals surface area (Å²) in [6.45, 7) is 0. The van der Waals surface area contributed by atoms with Crippen LogP contribution in [-0.4, -0.2) is 22.1 Å². The van der Waals surface area contributed by atoms with Crippen LogP contribution < -0.4 is 3.71 Å².